The number of hydrogen-bond acceptors (Lipinski definition) is 4. The summed E-state index contributed by atoms with van der Waals surface area (Å²) in [6.45, 7) is 3.30. The smallest absolute Gasteiger partial charge is 0.338 e. The van der Waals surface area contributed by atoms with Crippen LogP contribution in [-0.4, -0.2) is 12.6 Å². The molecule has 0 amide bonds. The van der Waals surface area contributed by atoms with Crippen LogP contribution < -0.4 is 10.1 Å². The van der Waals surface area contributed by atoms with Crippen molar-refractivity contribution in [2.75, 3.05) is 11.9 Å². The van der Waals surface area contributed by atoms with E-state index in [-0.39, 0.29) is 5.97 Å². The lowest BCUT2D eigenvalue weighted by Crippen LogP contribution is -2.05. The Morgan fingerprint density at radius 1 is 0.931 bits per heavy atom. The maximum Gasteiger partial charge on any atom is 0.338 e. The molecule has 3 aromatic rings. The molecule has 3 aromatic carbocycles. The van der Waals surface area contributed by atoms with E-state index in [1.807, 2.05) is 54.6 Å². The zero-order valence-corrected chi connectivity index (χ0v) is 19.1. The lowest BCUT2D eigenvalue weighted by molar-refractivity contribution is 0.0526. The number of esters is 1. The summed E-state index contributed by atoms with van der Waals surface area (Å²) in [6.07, 6.45) is 0. The Bertz CT molecular complexity index is 937. The second-order valence-electron chi connectivity index (χ2n) is 6.31. The molecule has 6 heteroatoms. The van der Waals surface area contributed by atoms with Gasteiger partial charge >= 0.3 is 5.97 Å². The molecule has 29 heavy (non-hydrogen) atoms. The van der Waals surface area contributed by atoms with Gasteiger partial charge in [0.25, 0.3) is 0 Å². The van der Waals surface area contributed by atoms with Crippen LogP contribution in [0.25, 0.3) is 0 Å². The first-order valence-corrected chi connectivity index (χ1v) is 10.8. The van der Waals surface area contributed by atoms with E-state index < -0.39 is 0 Å². The summed E-state index contributed by atoms with van der Waals surface area (Å²) in [5, 5.41) is 3.36. The normalized spacial score (nSPS) is 10.4. The monoisotopic (exact) mass is 517 g/mol. The maximum atomic E-state index is 11.7. The van der Waals surface area contributed by atoms with Gasteiger partial charge in [0.1, 0.15) is 12.4 Å². The molecule has 0 unspecified atom stereocenters. The Hall–Kier alpha value is -2.31. The minimum absolute atomic E-state index is 0.307. The van der Waals surface area contributed by atoms with Gasteiger partial charge in [-0.05, 0) is 86.3 Å². The van der Waals surface area contributed by atoms with Gasteiger partial charge in [0, 0.05) is 12.2 Å². The number of rotatable bonds is 8. The molecular weight excluding hydrogens is 498 g/mol. The van der Waals surface area contributed by atoms with Gasteiger partial charge < -0.3 is 14.8 Å². The van der Waals surface area contributed by atoms with Crippen molar-refractivity contribution >= 4 is 43.5 Å². The number of carbonyl (C=O) groups is 1. The third-order valence-corrected chi connectivity index (χ3v) is 5.35. The van der Waals surface area contributed by atoms with Crippen LogP contribution in [0.5, 0.6) is 5.75 Å². The summed E-state index contributed by atoms with van der Waals surface area (Å²) in [5.74, 6) is 0.467. The minimum atomic E-state index is -0.307. The predicted molar refractivity (Wildman–Crippen MR) is 122 cm³/mol. The van der Waals surface area contributed by atoms with Gasteiger partial charge in [0.15, 0.2) is 0 Å². The Balaban J connectivity index is 1.61. The Morgan fingerprint density at radius 3 is 2.21 bits per heavy atom. The Morgan fingerprint density at radius 2 is 1.59 bits per heavy atom. The van der Waals surface area contributed by atoms with Crippen LogP contribution in [0.2, 0.25) is 0 Å². The molecule has 0 aromatic heterocycles. The van der Waals surface area contributed by atoms with Crippen LogP contribution in [0.4, 0.5) is 5.69 Å². The average molecular weight is 519 g/mol. The van der Waals surface area contributed by atoms with E-state index in [0.29, 0.717) is 25.3 Å². The molecule has 0 saturated heterocycles. The molecule has 150 valence electrons. The molecule has 0 saturated carbocycles. The standard InChI is InChI=1S/C23H21Br2NO3/c1-2-28-23(27)18-8-10-19(11-9-18)26-14-17-12-20(24)22(21(25)13-17)29-15-16-6-4-3-5-7-16/h3-13,26H,2,14-15H2,1H3. The third-order valence-electron chi connectivity index (χ3n) is 4.18. The van der Waals surface area contributed by atoms with Crippen LogP contribution in [0.3, 0.4) is 0 Å². The molecule has 0 atom stereocenters. The van der Waals surface area contributed by atoms with E-state index in [1.54, 1.807) is 19.1 Å². The number of ether oxygens (including phenoxy) is 2. The molecule has 0 fully saturated rings. The summed E-state index contributed by atoms with van der Waals surface area (Å²) >= 11 is 7.21. The number of anilines is 1. The van der Waals surface area contributed by atoms with Gasteiger partial charge in [-0.3, -0.25) is 0 Å². The first-order valence-electron chi connectivity index (χ1n) is 9.22. The topological polar surface area (TPSA) is 47.6 Å². The highest BCUT2D eigenvalue weighted by Gasteiger charge is 2.10. The van der Waals surface area contributed by atoms with E-state index in [1.165, 1.54) is 0 Å². The maximum absolute atomic E-state index is 11.7. The molecular formula is C23H21Br2NO3. The van der Waals surface area contributed by atoms with Gasteiger partial charge in [0.2, 0.25) is 0 Å². The van der Waals surface area contributed by atoms with Crippen molar-refractivity contribution in [1.29, 1.82) is 0 Å². The number of halogens is 2. The summed E-state index contributed by atoms with van der Waals surface area (Å²) < 4.78 is 12.7. The number of carbonyl (C=O) groups excluding carboxylic acids is 1. The SMILES string of the molecule is CCOC(=O)c1ccc(NCc2cc(Br)c(OCc3ccccc3)c(Br)c2)cc1. The van der Waals surface area contributed by atoms with Crippen LogP contribution in [0.1, 0.15) is 28.4 Å². The van der Waals surface area contributed by atoms with Crippen LogP contribution in [-0.2, 0) is 17.9 Å². The lowest BCUT2D eigenvalue weighted by atomic mass is 10.2. The highest BCUT2D eigenvalue weighted by atomic mass is 79.9. The van der Waals surface area contributed by atoms with E-state index >= 15 is 0 Å². The van der Waals surface area contributed by atoms with Crippen molar-refractivity contribution in [3.05, 3.63) is 92.4 Å². The van der Waals surface area contributed by atoms with Crippen molar-refractivity contribution in [2.45, 2.75) is 20.1 Å². The highest BCUT2D eigenvalue weighted by molar-refractivity contribution is 9.11. The van der Waals surface area contributed by atoms with Crippen molar-refractivity contribution in [2.24, 2.45) is 0 Å². The fourth-order valence-corrected chi connectivity index (χ4v) is 4.23. The Labute approximate surface area is 187 Å². The zero-order chi connectivity index (χ0) is 20.6. The molecule has 0 bridgehead atoms. The van der Waals surface area contributed by atoms with Gasteiger partial charge in [-0.15, -0.1) is 0 Å². The molecule has 0 heterocycles. The predicted octanol–water partition coefficient (Wildman–Crippen LogP) is 6.58. The fourth-order valence-electron chi connectivity index (χ4n) is 2.72. The van der Waals surface area contributed by atoms with Crippen molar-refractivity contribution < 1.29 is 14.3 Å². The summed E-state index contributed by atoms with van der Waals surface area (Å²) in [4.78, 5) is 11.7. The first-order chi connectivity index (χ1) is 14.1. The van der Waals surface area contributed by atoms with Gasteiger partial charge in [-0.2, -0.15) is 0 Å². The summed E-state index contributed by atoms with van der Waals surface area (Å²) in [6, 6.07) is 21.4. The molecule has 0 aliphatic rings. The minimum Gasteiger partial charge on any atom is -0.487 e. The molecule has 3 rings (SSSR count). The summed E-state index contributed by atoms with van der Waals surface area (Å²) in [7, 11) is 0. The zero-order valence-electron chi connectivity index (χ0n) is 16.0. The second kappa shape index (κ2) is 10.5. The Kier molecular flexibility index (Phi) is 7.72. The second-order valence-corrected chi connectivity index (χ2v) is 8.02. The fraction of sp³-hybridized carbons (Fsp3) is 0.174. The molecule has 0 radical (unpaired) electrons. The van der Waals surface area contributed by atoms with E-state index in [4.69, 9.17) is 9.47 Å². The van der Waals surface area contributed by atoms with Crippen LogP contribution >= 0.6 is 31.9 Å². The van der Waals surface area contributed by atoms with Gasteiger partial charge in [-0.25, -0.2) is 4.79 Å². The van der Waals surface area contributed by atoms with E-state index in [2.05, 4.69) is 37.2 Å². The first kappa shape index (κ1) is 21.4. The van der Waals surface area contributed by atoms with Gasteiger partial charge in [0.05, 0.1) is 21.1 Å². The van der Waals surface area contributed by atoms with Crippen LogP contribution in [0.15, 0.2) is 75.7 Å². The highest BCUT2D eigenvalue weighted by Crippen LogP contribution is 2.35. The quantitative estimate of drug-likeness (QED) is 0.342. The number of nitrogens with one attached hydrogen (secondary N) is 1. The largest absolute Gasteiger partial charge is 0.487 e. The average Bonchev–Trinajstić information content (AvgIpc) is 2.73. The van der Waals surface area contributed by atoms with Crippen molar-refractivity contribution in [3.8, 4) is 5.75 Å². The molecule has 0 aliphatic heterocycles. The molecule has 4 nitrogen and oxygen atoms in total. The van der Waals surface area contributed by atoms with Crippen LogP contribution in [0, 0.1) is 0 Å². The van der Waals surface area contributed by atoms with E-state index in [0.717, 1.165) is 31.5 Å². The van der Waals surface area contributed by atoms with Crippen molar-refractivity contribution in [1.82, 2.24) is 0 Å². The van der Waals surface area contributed by atoms with Crippen molar-refractivity contribution in [3.63, 3.8) is 0 Å². The summed E-state index contributed by atoms with van der Waals surface area (Å²) in [5.41, 5.74) is 3.67. The lowest BCUT2D eigenvalue weighted by Gasteiger charge is -2.13. The molecule has 1 N–H and O–H groups in total. The number of benzene rings is 3. The van der Waals surface area contributed by atoms with Gasteiger partial charge in [-0.1, -0.05) is 30.3 Å². The van der Waals surface area contributed by atoms with E-state index in [9.17, 15) is 4.79 Å². The molecule has 0 spiro atoms. The number of hydrogen-bond donors (Lipinski definition) is 1. The molecule has 0 aliphatic carbocycles. The third kappa shape index (κ3) is 6.08.